The van der Waals surface area contributed by atoms with Crippen molar-refractivity contribution in [3.05, 3.63) is 42.4 Å². The molecule has 0 unspecified atom stereocenters. The molecular weight excluding hydrogens is 450 g/mol. The number of nitrogens with one attached hydrogen (secondary N) is 1. The number of aromatic nitrogens is 1. The van der Waals surface area contributed by atoms with Crippen LogP contribution >= 0.6 is 57.1 Å². The summed E-state index contributed by atoms with van der Waals surface area (Å²) in [6.07, 6.45) is -0.188. The molecule has 9 heteroatoms. The number of hydrogen-bond acceptors (Lipinski definition) is 4. The van der Waals surface area contributed by atoms with Gasteiger partial charge in [-0.05, 0) is 34.7 Å². The van der Waals surface area contributed by atoms with Crippen molar-refractivity contribution in [2.24, 2.45) is 0 Å². The maximum atomic E-state index is 12.2. The van der Waals surface area contributed by atoms with E-state index in [0.29, 0.717) is 30.0 Å². The van der Waals surface area contributed by atoms with Crippen molar-refractivity contribution >= 4 is 74.1 Å². The highest BCUT2D eigenvalue weighted by Gasteiger charge is 2.16. The summed E-state index contributed by atoms with van der Waals surface area (Å²) in [6, 6.07) is 3.06. The van der Waals surface area contributed by atoms with Gasteiger partial charge in [-0.25, -0.2) is 4.98 Å². The Morgan fingerprint density at radius 3 is 2.76 bits per heavy atom. The molecule has 110 valence electrons. The molecule has 2 rings (SSSR count). The van der Waals surface area contributed by atoms with Crippen LogP contribution in [0.25, 0.3) is 0 Å². The Morgan fingerprint density at radius 2 is 2.10 bits per heavy atom. The average Bonchev–Trinajstić information content (AvgIpc) is 2.80. The van der Waals surface area contributed by atoms with E-state index in [-0.39, 0.29) is 6.42 Å². The van der Waals surface area contributed by atoms with Crippen molar-refractivity contribution in [2.45, 2.75) is 6.42 Å². The summed E-state index contributed by atoms with van der Waals surface area (Å²) in [6.45, 7) is 0. The van der Waals surface area contributed by atoms with E-state index in [1.807, 2.05) is 22.6 Å². The van der Waals surface area contributed by atoms with Crippen molar-refractivity contribution in [1.29, 1.82) is 0 Å². The Labute approximate surface area is 147 Å². The molecule has 0 aliphatic heterocycles. The SMILES string of the molecule is O=C(O)Cc1csc(NC(=O)c2cc(Cl)cc(Cl)c2I)n1. The maximum absolute atomic E-state index is 12.2. The first kappa shape index (κ1) is 16.5. The van der Waals surface area contributed by atoms with E-state index in [4.69, 9.17) is 28.3 Å². The smallest absolute Gasteiger partial charge is 0.309 e. The molecule has 0 atom stereocenters. The third kappa shape index (κ3) is 4.29. The Balaban J connectivity index is 2.18. The lowest BCUT2D eigenvalue weighted by Gasteiger charge is -2.06. The number of thiazole rings is 1. The van der Waals surface area contributed by atoms with Gasteiger partial charge in [-0.2, -0.15) is 0 Å². The third-order valence-electron chi connectivity index (χ3n) is 2.34. The molecule has 0 bridgehead atoms. The number of nitrogens with zero attached hydrogens (tertiary/aromatic N) is 1. The molecule has 2 N–H and O–H groups in total. The van der Waals surface area contributed by atoms with Crippen LogP contribution in [-0.4, -0.2) is 22.0 Å². The number of carboxylic acid groups (broad SMARTS) is 1. The average molecular weight is 457 g/mol. The molecular formula is C12H7Cl2IN2O3S. The summed E-state index contributed by atoms with van der Waals surface area (Å²) < 4.78 is 0.582. The molecule has 21 heavy (non-hydrogen) atoms. The number of carbonyl (C=O) groups excluding carboxylic acids is 1. The number of aliphatic carboxylic acids is 1. The fourth-order valence-electron chi connectivity index (χ4n) is 1.49. The molecule has 0 saturated heterocycles. The number of carboxylic acids is 1. The van der Waals surface area contributed by atoms with E-state index >= 15 is 0 Å². The Hall–Kier alpha value is -0.900. The molecule has 0 spiro atoms. The highest BCUT2D eigenvalue weighted by atomic mass is 127. The minimum atomic E-state index is -0.977. The second-order valence-corrected chi connectivity index (χ2v) is 6.70. The van der Waals surface area contributed by atoms with Gasteiger partial charge in [0.25, 0.3) is 5.91 Å². The number of anilines is 1. The molecule has 1 amide bonds. The quantitative estimate of drug-likeness (QED) is 0.539. The van der Waals surface area contributed by atoms with Crippen LogP contribution in [0, 0.1) is 3.57 Å². The Kier molecular flexibility index (Phi) is 5.42. The fourth-order valence-corrected chi connectivity index (χ4v) is 3.24. The molecule has 0 saturated carbocycles. The van der Waals surface area contributed by atoms with E-state index in [1.165, 1.54) is 6.07 Å². The van der Waals surface area contributed by atoms with Gasteiger partial charge in [0.15, 0.2) is 5.13 Å². The molecule has 1 aromatic heterocycles. The van der Waals surface area contributed by atoms with Gasteiger partial charge < -0.3 is 5.11 Å². The molecule has 0 radical (unpaired) electrons. The summed E-state index contributed by atoms with van der Waals surface area (Å²) >= 11 is 15.0. The third-order valence-corrected chi connectivity index (χ3v) is 5.15. The zero-order valence-electron chi connectivity index (χ0n) is 10.2. The zero-order chi connectivity index (χ0) is 15.6. The minimum absolute atomic E-state index is 0.188. The van der Waals surface area contributed by atoms with Crippen molar-refractivity contribution in [1.82, 2.24) is 4.98 Å². The number of hydrogen-bond donors (Lipinski definition) is 2. The standard InChI is InChI=1S/C12H7Cl2IN2O3S/c13-5-1-7(10(15)8(14)2-5)11(20)17-12-16-6(4-21-12)3-9(18)19/h1-2,4H,3H2,(H,18,19)(H,16,17,20). The number of halogens is 3. The van der Waals surface area contributed by atoms with Gasteiger partial charge in [0, 0.05) is 14.0 Å². The van der Waals surface area contributed by atoms with Crippen LogP contribution in [0.2, 0.25) is 10.0 Å². The number of amides is 1. The van der Waals surface area contributed by atoms with Gasteiger partial charge in [-0.3, -0.25) is 14.9 Å². The molecule has 5 nitrogen and oxygen atoms in total. The predicted molar refractivity (Wildman–Crippen MR) is 90.6 cm³/mol. The van der Waals surface area contributed by atoms with Crippen molar-refractivity contribution in [2.75, 3.05) is 5.32 Å². The lowest BCUT2D eigenvalue weighted by Crippen LogP contribution is -2.13. The van der Waals surface area contributed by atoms with Crippen LogP contribution in [0.1, 0.15) is 16.1 Å². The van der Waals surface area contributed by atoms with E-state index in [1.54, 1.807) is 11.4 Å². The second-order valence-electron chi connectivity index (χ2n) is 3.92. The number of benzene rings is 1. The predicted octanol–water partition coefficient (Wildman–Crippen LogP) is 3.93. The highest BCUT2D eigenvalue weighted by molar-refractivity contribution is 14.1. The molecule has 2 aromatic rings. The molecule has 0 aliphatic carbocycles. The zero-order valence-corrected chi connectivity index (χ0v) is 14.7. The van der Waals surface area contributed by atoms with Crippen LogP contribution in [0.4, 0.5) is 5.13 Å². The number of rotatable bonds is 4. The Bertz CT molecular complexity index is 721. The summed E-state index contributed by atoms with van der Waals surface area (Å²) in [4.78, 5) is 26.8. The molecule has 0 fully saturated rings. The van der Waals surface area contributed by atoms with E-state index in [9.17, 15) is 9.59 Å². The van der Waals surface area contributed by atoms with Gasteiger partial charge in [0.2, 0.25) is 0 Å². The monoisotopic (exact) mass is 456 g/mol. The lowest BCUT2D eigenvalue weighted by molar-refractivity contribution is -0.136. The first-order valence-corrected chi connectivity index (χ1v) is 8.20. The first-order valence-electron chi connectivity index (χ1n) is 5.49. The van der Waals surface area contributed by atoms with Gasteiger partial charge in [0.05, 0.1) is 22.7 Å². The summed E-state index contributed by atoms with van der Waals surface area (Å²) in [7, 11) is 0. The number of carbonyl (C=O) groups is 2. The first-order chi connectivity index (χ1) is 9.86. The lowest BCUT2D eigenvalue weighted by atomic mass is 10.2. The van der Waals surface area contributed by atoms with Crippen LogP contribution in [0.3, 0.4) is 0 Å². The second kappa shape index (κ2) is 6.91. The normalized spacial score (nSPS) is 10.4. The van der Waals surface area contributed by atoms with E-state index < -0.39 is 11.9 Å². The van der Waals surface area contributed by atoms with Gasteiger partial charge in [-0.1, -0.05) is 23.2 Å². The minimum Gasteiger partial charge on any atom is -0.481 e. The summed E-state index contributed by atoms with van der Waals surface area (Å²) in [5, 5.41) is 13.9. The maximum Gasteiger partial charge on any atom is 0.309 e. The van der Waals surface area contributed by atoms with Crippen LogP contribution in [0.15, 0.2) is 17.5 Å². The molecule has 1 aromatic carbocycles. The Morgan fingerprint density at radius 1 is 1.38 bits per heavy atom. The van der Waals surface area contributed by atoms with Crippen LogP contribution < -0.4 is 5.32 Å². The van der Waals surface area contributed by atoms with E-state index in [0.717, 1.165) is 11.3 Å². The van der Waals surface area contributed by atoms with Crippen molar-refractivity contribution in [3.63, 3.8) is 0 Å². The van der Waals surface area contributed by atoms with Gasteiger partial charge in [-0.15, -0.1) is 11.3 Å². The van der Waals surface area contributed by atoms with Gasteiger partial charge >= 0.3 is 5.97 Å². The van der Waals surface area contributed by atoms with E-state index in [2.05, 4.69) is 10.3 Å². The largest absolute Gasteiger partial charge is 0.481 e. The fraction of sp³-hybridized carbons (Fsp3) is 0.0833. The van der Waals surface area contributed by atoms with Crippen LogP contribution in [0.5, 0.6) is 0 Å². The molecule has 0 aliphatic rings. The highest BCUT2D eigenvalue weighted by Crippen LogP contribution is 2.27. The van der Waals surface area contributed by atoms with Crippen LogP contribution in [-0.2, 0) is 11.2 Å². The molecule has 1 heterocycles. The summed E-state index contributed by atoms with van der Waals surface area (Å²) in [5.41, 5.74) is 0.727. The van der Waals surface area contributed by atoms with Crippen molar-refractivity contribution < 1.29 is 14.7 Å². The topological polar surface area (TPSA) is 79.3 Å². The summed E-state index contributed by atoms with van der Waals surface area (Å²) in [5.74, 6) is -1.38. The van der Waals surface area contributed by atoms with Crippen molar-refractivity contribution in [3.8, 4) is 0 Å². The van der Waals surface area contributed by atoms with Gasteiger partial charge in [0.1, 0.15) is 0 Å².